The minimum absolute atomic E-state index is 0.376. The van der Waals surface area contributed by atoms with Gasteiger partial charge in [-0.3, -0.25) is 20.0 Å². The van der Waals surface area contributed by atoms with E-state index in [4.69, 9.17) is 9.72 Å². The molecule has 0 aliphatic carbocycles. The van der Waals surface area contributed by atoms with Gasteiger partial charge in [0.1, 0.15) is 6.61 Å². The van der Waals surface area contributed by atoms with Crippen molar-refractivity contribution >= 4 is 17.0 Å². The van der Waals surface area contributed by atoms with E-state index < -0.39 is 0 Å². The van der Waals surface area contributed by atoms with Crippen molar-refractivity contribution in [3.63, 3.8) is 0 Å². The van der Waals surface area contributed by atoms with E-state index in [9.17, 15) is 4.79 Å². The Balaban J connectivity index is 1.38. The Labute approximate surface area is 185 Å². The maximum atomic E-state index is 12.5. The molecule has 1 fully saturated rings. The summed E-state index contributed by atoms with van der Waals surface area (Å²) in [6.07, 6.45) is 5.71. The number of hydrogen-bond acceptors (Lipinski definition) is 7. The van der Waals surface area contributed by atoms with Crippen molar-refractivity contribution in [2.75, 3.05) is 26.2 Å². The zero-order chi connectivity index (χ0) is 21.9. The van der Waals surface area contributed by atoms with Crippen LogP contribution in [0.1, 0.15) is 28.9 Å². The van der Waals surface area contributed by atoms with Crippen molar-refractivity contribution < 1.29 is 9.53 Å². The van der Waals surface area contributed by atoms with Crippen molar-refractivity contribution in [2.45, 2.75) is 19.8 Å². The molecule has 0 atom stereocenters. The van der Waals surface area contributed by atoms with Crippen LogP contribution in [0.2, 0.25) is 0 Å². The molecule has 0 unspecified atom stereocenters. The molecule has 4 aromatic heterocycles. The molecule has 0 bridgehead atoms. The number of esters is 1. The molecule has 8 nitrogen and oxygen atoms in total. The first-order valence-corrected chi connectivity index (χ1v) is 10.8. The molecule has 1 aliphatic rings. The molecule has 0 radical (unpaired) electrons. The van der Waals surface area contributed by atoms with Gasteiger partial charge in [-0.1, -0.05) is 6.07 Å². The van der Waals surface area contributed by atoms with Gasteiger partial charge in [-0.25, -0.2) is 9.78 Å². The second kappa shape index (κ2) is 8.84. The minimum Gasteiger partial charge on any atom is -0.461 e. The zero-order valence-corrected chi connectivity index (χ0v) is 17.9. The molecule has 0 amide bonds. The number of aromatic nitrogens is 5. The summed E-state index contributed by atoms with van der Waals surface area (Å²) in [6, 6.07) is 11.4. The van der Waals surface area contributed by atoms with E-state index in [1.54, 1.807) is 18.5 Å². The molecular formula is C24H24N6O2. The molecule has 162 valence electrons. The number of aromatic amines is 1. The normalized spacial score (nSPS) is 14.2. The quantitative estimate of drug-likeness (QED) is 0.468. The van der Waals surface area contributed by atoms with Crippen LogP contribution in [-0.2, 0) is 4.74 Å². The van der Waals surface area contributed by atoms with Crippen molar-refractivity contribution in [2.24, 2.45) is 0 Å². The third kappa shape index (κ3) is 4.22. The highest BCUT2D eigenvalue weighted by atomic mass is 16.5. The van der Waals surface area contributed by atoms with Gasteiger partial charge in [0.15, 0.2) is 0 Å². The third-order valence-corrected chi connectivity index (χ3v) is 5.67. The summed E-state index contributed by atoms with van der Waals surface area (Å²) in [5.41, 5.74) is 5.82. The monoisotopic (exact) mass is 428 g/mol. The van der Waals surface area contributed by atoms with E-state index in [1.807, 2.05) is 37.3 Å². The van der Waals surface area contributed by atoms with Crippen LogP contribution in [0.25, 0.3) is 33.7 Å². The first kappa shape index (κ1) is 20.3. The lowest BCUT2D eigenvalue weighted by Crippen LogP contribution is -2.25. The Bertz CT molecular complexity index is 1260. The maximum Gasteiger partial charge on any atom is 0.339 e. The van der Waals surface area contributed by atoms with Gasteiger partial charge >= 0.3 is 5.97 Å². The summed E-state index contributed by atoms with van der Waals surface area (Å²) >= 11 is 0. The van der Waals surface area contributed by atoms with Gasteiger partial charge in [-0.05, 0) is 63.2 Å². The second-order valence-corrected chi connectivity index (χ2v) is 7.97. The Morgan fingerprint density at radius 2 is 1.94 bits per heavy atom. The van der Waals surface area contributed by atoms with Crippen LogP contribution in [0.3, 0.4) is 0 Å². The Hall–Kier alpha value is -3.65. The summed E-state index contributed by atoms with van der Waals surface area (Å²) in [6.45, 7) is 5.26. The highest BCUT2D eigenvalue weighted by Crippen LogP contribution is 2.29. The van der Waals surface area contributed by atoms with E-state index in [1.165, 1.54) is 12.8 Å². The summed E-state index contributed by atoms with van der Waals surface area (Å²) in [4.78, 5) is 28.5. The van der Waals surface area contributed by atoms with E-state index in [2.05, 4.69) is 25.1 Å². The molecule has 8 heteroatoms. The van der Waals surface area contributed by atoms with Crippen LogP contribution in [-0.4, -0.2) is 62.3 Å². The highest BCUT2D eigenvalue weighted by molar-refractivity contribution is 5.93. The highest BCUT2D eigenvalue weighted by Gasteiger charge is 2.16. The zero-order valence-electron chi connectivity index (χ0n) is 17.9. The van der Waals surface area contributed by atoms with Crippen LogP contribution < -0.4 is 0 Å². The lowest BCUT2D eigenvalue weighted by atomic mass is 10.1. The van der Waals surface area contributed by atoms with Gasteiger partial charge in [0.25, 0.3) is 0 Å². The molecule has 5 rings (SSSR count). The van der Waals surface area contributed by atoms with Gasteiger partial charge < -0.3 is 4.74 Å². The SMILES string of the molecule is Cc1cccc(-c2[nH]ncc2-c2ccc3ncc(C(=O)OCCN4CCCC4)cc3n2)n1. The first-order valence-electron chi connectivity index (χ1n) is 10.8. The van der Waals surface area contributed by atoms with E-state index >= 15 is 0 Å². The van der Waals surface area contributed by atoms with Crippen LogP contribution in [0, 0.1) is 6.92 Å². The van der Waals surface area contributed by atoms with Gasteiger partial charge in [0.05, 0.1) is 39.9 Å². The number of hydrogen-bond donors (Lipinski definition) is 1. The van der Waals surface area contributed by atoms with Crippen LogP contribution >= 0.6 is 0 Å². The molecule has 5 heterocycles. The number of aryl methyl sites for hydroxylation is 1. The van der Waals surface area contributed by atoms with Crippen molar-refractivity contribution in [3.8, 4) is 22.6 Å². The molecular weight excluding hydrogens is 404 g/mol. The predicted octanol–water partition coefficient (Wildman–Crippen LogP) is 3.64. The average molecular weight is 428 g/mol. The van der Waals surface area contributed by atoms with Gasteiger partial charge in [-0.15, -0.1) is 0 Å². The summed E-state index contributed by atoms with van der Waals surface area (Å²) in [5.74, 6) is -0.376. The predicted molar refractivity (Wildman–Crippen MR) is 121 cm³/mol. The Morgan fingerprint density at radius 3 is 2.78 bits per heavy atom. The van der Waals surface area contributed by atoms with Crippen LogP contribution in [0.4, 0.5) is 0 Å². The molecule has 1 N–H and O–H groups in total. The molecule has 1 aliphatic heterocycles. The molecule has 1 saturated heterocycles. The van der Waals surface area contributed by atoms with Crippen LogP contribution in [0.15, 0.2) is 48.8 Å². The van der Waals surface area contributed by atoms with E-state index in [0.717, 1.165) is 48.0 Å². The lowest BCUT2D eigenvalue weighted by molar-refractivity contribution is 0.0472. The smallest absolute Gasteiger partial charge is 0.339 e. The fraction of sp³-hybridized carbons (Fsp3) is 0.292. The minimum atomic E-state index is -0.376. The fourth-order valence-electron chi connectivity index (χ4n) is 3.98. The number of likely N-dealkylation sites (tertiary alicyclic amines) is 1. The standard InChI is InChI=1S/C24H24N6O2/c1-16-5-4-6-21(27-16)23-18(15-26-29-23)19-7-8-20-22(28-19)13-17(14-25-20)24(31)32-12-11-30-9-2-3-10-30/h4-8,13-15H,2-3,9-12H2,1H3,(H,26,29). The van der Waals surface area contributed by atoms with Crippen LogP contribution in [0.5, 0.6) is 0 Å². The van der Waals surface area contributed by atoms with Gasteiger partial charge in [0, 0.05) is 24.0 Å². The van der Waals surface area contributed by atoms with Gasteiger partial charge in [-0.2, -0.15) is 5.10 Å². The van der Waals surface area contributed by atoms with E-state index in [0.29, 0.717) is 23.2 Å². The number of nitrogens with one attached hydrogen (secondary N) is 1. The average Bonchev–Trinajstić information content (AvgIpc) is 3.50. The topological polar surface area (TPSA) is 96.9 Å². The largest absolute Gasteiger partial charge is 0.461 e. The fourth-order valence-corrected chi connectivity index (χ4v) is 3.98. The number of fused-ring (bicyclic) bond motifs is 1. The van der Waals surface area contributed by atoms with Gasteiger partial charge in [0.2, 0.25) is 0 Å². The summed E-state index contributed by atoms with van der Waals surface area (Å²) in [5, 5.41) is 7.22. The molecule has 0 saturated carbocycles. The number of pyridine rings is 3. The molecule has 0 spiro atoms. The summed E-state index contributed by atoms with van der Waals surface area (Å²) < 4.78 is 5.46. The second-order valence-electron chi connectivity index (χ2n) is 7.97. The van der Waals surface area contributed by atoms with Crippen molar-refractivity contribution in [1.29, 1.82) is 0 Å². The number of carbonyl (C=O) groups is 1. The number of H-pyrrole nitrogens is 1. The summed E-state index contributed by atoms with van der Waals surface area (Å²) in [7, 11) is 0. The maximum absolute atomic E-state index is 12.5. The number of ether oxygens (including phenoxy) is 1. The number of carbonyl (C=O) groups excluding carboxylic acids is 1. The lowest BCUT2D eigenvalue weighted by Gasteiger charge is -2.14. The van der Waals surface area contributed by atoms with E-state index in [-0.39, 0.29) is 5.97 Å². The molecule has 0 aromatic carbocycles. The number of nitrogens with zero attached hydrogens (tertiary/aromatic N) is 5. The Kier molecular flexibility index (Phi) is 5.60. The molecule has 32 heavy (non-hydrogen) atoms. The van der Waals surface area contributed by atoms with Crippen molar-refractivity contribution in [3.05, 3.63) is 60.0 Å². The number of rotatable bonds is 6. The Morgan fingerprint density at radius 1 is 1.06 bits per heavy atom. The molecule has 4 aromatic rings. The first-order chi connectivity index (χ1) is 15.7. The third-order valence-electron chi connectivity index (χ3n) is 5.67. The van der Waals surface area contributed by atoms with Crippen molar-refractivity contribution in [1.82, 2.24) is 30.0 Å².